The summed E-state index contributed by atoms with van der Waals surface area (Å²) in [5.74, 6) is 0.303. The van der Waals surface area contributed by atoms with Gasteiger partial charge in [0.15, 0.2) is 0 Å². The summed E-state index contributed by atoms with van der Waals surface area (Å²) in [6.07, 6.45) is 0.720. The molecule has 0 aliphatic rings. The topological polar surface area (TPSA) is 52.3 Å². The summed E-state index contributed by atoms with van der Waals surface area (Å²) < 4.78 is 5.28. The van der Waals surface area contributed by atoms with Crippen molar-refractivity contribution in [2.45, 2.75) is 6.42 Å². The van der Waals surface area contributed by atoms with E-state index in [0.717, 1.165) is 12.2 Å². The smallest absolute Gasteiger partial charge is 0.248 e. The highest BCUT2D eigenvalue weighted by molar-refractivity contribution is 5.92. The van der Waals surface area contributed by atoms with Crippen molar-refractivity contribution < 1.29 is 9.53 Å². The molecule has 1 aromatic rings. The fourth-order valence-corrected chi connectivity index (χ4v) is 0.905. The first-order chi connectivity index (χ1) is 6.24. The van der Waals surface area contributed by atoms with Gasteiger partial charge in [-0.25, -0.2) is 0 Å². The van der Waals surface area contributed by atoms with E-state index in [1.807, 2.05) is 0 Å². The molecule has 1 radical (unpaired) electrons. The van der Waals surface area contributed by atoms with Gasteiger partial charge in [-0.15, -0.1) is 0 Å². The number of ether oxygens (including phenoxy) is 1. The highest BCUT2D eigenvalue weighted by Crippen LogP contribution is 2.11. The summed E-state index contributed by atoms with van der Waals surface area (Å²) in [6, 6.07) is 6.72. The molecule has 0 aliphatic carbocycles. The van der Waals surface area contributed by atoms with E-state index in [9.17, 15) is 4.79 Å². The summed E-state index contributed by atoms with van der Waals surface area (Å²) >= 11 is 0. The molecule has 0 saturated carbocycles. The third kappa shape index (κ3) is 2.78. The lowest BCUT2D eigenvalue weighted by Crippen LogP contribution is -2.10. The van der Waals surface area contributed by atoms with E-state index in [0.29, 0.717) is 12.2 Å². The Labute approximate surface area is 77.5 Å². The van der Waals surface area contributed by atoms with Crippen molar-refractivity contribution in [3.05, 3.63) is 36.8 Å². The van der Waals surface area contributed by atoms with Gasteiger partial charge in [0.25, 0.3) is 0 Å². The minimum absolute atomic E-state index is 0.427. The number of primary amides is 1. The average molecular weight is 178 g/mol. The van der Waals surface area contributed by atoms with E-state index >= 15 is 0 Å². The third-order valence-electron chi connectivity index (χ3n) is 1.55. The van der Waals surface area contributed by atoms with Crippen LogP contribution in [0.5, 0.6) is 5.75 Å². The summed E-state index contributed by atoms with van der Waals surface area (Å²) in [4.78, 5) is 10.7. The van der Waals surface area contributed by atoms with E-state index in [-0.39, 0.29) is 0 Å². The second kappa shape index (κ2) is 4.50. The van der Waals surface area contributed by atoms with Crippen molar-refractivity contribution in [1.29, 1.82) is 0 Å². The van der Waals surface area contributed by atoms with Crippen molar-refractivity contribution in [3.8, 4) is 5.75 Å². The summed E-state index contributed by atoms with van der Waals surface area (Å²) in [7, 11) is 0. The molecular formula is C10H12NO2. The van der Waals surface area contributed by atoms with Gasteiger partial charge in [-0.2, -0.15) is 0 Å². The van der Waals surface area contributed by atoms with E-state index in [1.165, 1.54) is 0 Å². The maximum Gasteiger partial charge on any atom is 0.248 e. The number of benzene rings is 1. The number of hydrogen-bond acceptors (Lipinski definition) is 2. The van der Waals surface area contributed by atoms with Crippen LogP contribution >= 0.6 is 0 Å². The first-order valence-corrected chi connectivity index (χ1v) is 4.06. The number of amides is 1. The summed E-state index contributed by atoms with van der Waals surface area (Å²) in [6.45, 7) is 4.23. The number of nitrogens with two attached hydrogens (primary N) is 1. The zero-order valence-electron chi connectivity index (χ0n) is 7.32. The predicted molar refractivity (Wildman–Crippen MR) is 50.4 cm³/mol. The average Bonchev–Trinajstić information content (AvgIpc) is 2.15. The minimum Gasteiger partial charge on any atom is -0.494 e. The zero-order chi connectivity index (χ0) is 9.68. The molecule has 2 N–H and O–H groups in total. The molecule has 0 spiro atoms. The van der Waals surface area contributed by atoms with Crippen LogP contribution in [0.4, 0.5) is 0 Å². The molecule has 1 rings (SSSR count). The van der Waals surface area contributed by atoms with Crippen LogP contribution in [0.15, 0.2) is 24.3 Å². The van der Waals surface area contributed by atoms with Gasteiger partial charge in [0.2, 0.25) is 5.91 Å². The number of hydrogen-bond donors (Lipinski definition) is 1. The normalized spacial score (nSPS) is 9.62. The van der Waals surface area contributed by atoms with Crippen LogP contribution in [-0.2, 0) is 0 Å². The molecule has 0 aliphatic heterocycles. The highest BCUT2D eigenvalue weighted by Gasteiger charge is 1.99. The molecule has 0 heterocycles. The summed E-state index contributed by atoms with van der Waals surface area (Å²) in [5.41, 5.74) is 5.56. The molecule has 0 atom stereocenters. The Hall–Kier alpha value is -1.51. The Bertz CT molecular complexity index is 279. The van der Waals surface area contributed by atoms with Gasteiger partial charge in [0, 0.05) is 5.56 Å². The van der Waals surface area contributed by atoms with Crippen molar-refractivity contribution in [1.82, 2.24) is 0 Å². The second-order valence-corrected chi connectivity index (χ2v) is 2.59. The van der Waals surface area contributed by atoms with Gasteiger partial charge in [-0.05, 0) is 37.6 Å². The molecule has 0 bridgehead atoms. The van der Waals surface area contributed by atoms with Crippen LogP contribution in [0.3, 0.4) is 0 Å². The fraction of sp³-hybridized carbons (Fsp3) is 0.200. The Morgan fingerprint density at radius 2 is 2.00 bits per heavy atom. The first kappa shape index (κ1) is 9.58. The van der Waals surface area contributed by atoms with Crippen LogP contribution < -0.4 is 10.5 Å². The fourth-order valence-electron chi connectivity index (χ4n) is 0.905. The lowest BCUT2D eigenvalue weighted by Gasteiger charge is -2.03. The number of carbonyl (C=O) groups excluding carboxylic acids is 1. The maximum absolute atomic E-state index is 10.7. The predicted octanol–water partition coefficient (Wildman–Crippen LogP) is 1.39. The molecule has 0 saturated heterocycles. The van der Waals surface area contributed by atoms with Crippen LogP contribution in [0.1, 0.15) is 16.8 Å². The van der Waals surface area contributed by atoms with E-state index < -0.39 is 5.91 Å². The highest BCUT2D eigenvalue weighted by atomic mass is 16.5. The molecular weight excluding hydrogens is 166 g/mol. The quantitative estimate of drug-likeness (QED) is 0.757. The van der Waals surface area contributed by atoms with Crippen LogP contribution in [0.2, 0.25) is 0 Å². The van der Waals surface area contributed by atoms with Gasteiger partial charge in [0.1, 0.15) is 5.75 Å². The molecule has 0 unspecified atom stereocenters. The van der Waals surface area contributed by atoms with Gasteiger partial charge >= 0.3 is 0 Å². The molecule has 1 amide bonds. The van der Waals surface area contributed by atoms with Crippen molar-refractivity contribution in [3.63, 3.8) is 0 Å². The van der Waals surface area contributed by atoms with E-state index in [4.69, 9.17) is 10.5 Å². The number of carbonyl (C=O) groups is 1. The van der Waals surface area contributed by atoms with Crippen molar-refractivity contribution in [2.24, 2.45) is 5.73 Å². The minimum atomic E-state index is -0.427. The lowest BCUT2D eigenvalue weighted by atomic mass is 10.2. The van der Waals surface area contributed by atoms with Gasteiger partial charge in [0.05, 0.1) is 6.61 Å². The Morgan fingerprint density at radius 3 is 2.46 bits per heavy atom. The zero-order valence-corrected chi connectivity index (χ0v) is 7.32. The molecule has 0 fully saturated rings. The van der Waals surface area contributed by atoms with E-state index in [1.54, 1.807) is 24.3 Å². The largest absolute Gasteiger partial charge is 0.494 e. The SMILES string of the molecule is [CH2]CCOc1ccc(C(N)=O)cc1. The molecule has 0 aromatic heterocycles. The first-order valence-electron chi connectivity index (χ1n) is 4.06. The van der Waals surface area contributed by atoms with Gasteiger partial charge < -0.3 is 10.5 Å². The van der Waals surface area contributed by atoms with Crippen LogP contribution in [0.25, 0.3) is 0 Å². The van der Waals surface area contributed by atoms with Crippen molar-refractivity contribution >= 4 is 5.91 Å². The Morgan fingerprint density at radius 1 is 1.38 bits per heavy atom. The molecule has 69 valence electrons. The molecule has 3 heteroatoms. The standard InChI is InChI=1S/C10H12NO2/c1-2-7-13-9-5-3-8(4-6-9)10(11)12/h3-6H,1-2,7H2,(H2,11,12). The summed E-state index contributed by atoms with van der Waals surface area (Å²) in [5, 5.41) is 0. The molecule has 3 nitrogen and oxygen atoms in total. The lowest BCUT2D eigenvalue weighted by molar-refractivity contribution is 0.100. The van der Waals surface area contributed by atoms with E-state index in [2.05, 4.69) is 6.92 Å². The number of rotatable bonds is 4. The molecule has 1 aromatic carbocycles. The van der Waals surface area contributed by atoms with Crippen LogP contribution in [0, 0.1) is 6.92 Å². The second-order valence-electron chi connectivity index (χ2n) is 2.59. The third-order valence-corrected chi connectivity index (χ3v) is 1.55. The Balaban J connectivity index is 2.64. The molecule has 13 heavy (non-hydrogen) atoms. The van der Waals surface area contributed by atoms with Crippen molar-refractivity contribution in [2.75, 3.05) is 6.61 Å². The van der Waals surface area contributed by atoms with Gasteiger partial charge in [-0.1, -0.05) is 0 Å². The van der Waals surface area contributed by atoms with Gasteiger partial charge in [-0.3, -0.25) is 4.79 Å². The van der Waals surface area contributed by atoms with Crippen LogP contribution in [-0.4, -0.2) is 12.5 Å². The Kier molecular flexibility index (Phi) is 3.31. The monoisotopic (exact) mass is 178 g/mol. The maximum atomic E-state index is 10.7.